The minimum absolute atomic E-state index is 0.292. The summed E-state index contributed by atoms with van der Waals surface area (Å²) in [4.78, 5) is 0. The van der Waals surface area contributed by atoms with Gasteiger partial charge in [-0.3, -0.25) is 5.84 Å². The molecule has 0 saturated carbocycles. The lowest BCUT2D eigenvalue weighted by molar-refractivity contribution is -0.124. The van der Waals surface area contributed by atoms with E-state index in [1.54, 1.807) is 21.3 Å². The summed E-state index contributed by atoms with van der Waals surface area (Å²) in [7, 11) is 4.76. The minimum atomic E-state index is -0.476. The van der Waals surface area contributed by atoms with E-state index < -0.39 is 6.29 Å². The van der Waals surface area contributed by atoms with Crippen LogP contribution in [0.2, 0.25) is 0 Å². The fourth-order valence-electron chi connectivity index (χ4n) is 1.78. The van der Waals surface area contributed by atoms with Crippen LogP contribution in [0.4, 0.5) is 0 Å². The van der Waals surface area contributed by atoms with Gasteiger partial charge in [0.05, 0.1) is 7.11 Å². The van der Waals surface area contributed by atoms with Crippen LogP contribution in [-0.4, -0.2) is 27.6 Å². The Balaban J connectivity index is 3.13. The molecule has 3 N–H and O–H groups in total. The molecule has 17 heavy (non-hydrogen) atoms. The molecule has 1 aromatic rings. The molecule has 0 aromatic heterocycles. The van der Waals surface area contributed by atoms with Crippen molar-refractivity contribution in [3.63, 3.8) is 0 Å². The van der Waals surface area contributed by atoms with Crippen molar-refractivity contribution in [3.05, 3.63) is 29.3 Å². The van der Waals surface area contributed by atoms with E-state index in [2.05, 4.69) is 5.43 Å². The Kier molecular flexibility index (Phi) is 5.37. The first-order valence-electron chi connectivity index (χ1n) is 5.34. The normalized spacial score (nSPS) is 12.8. The summed E-state index contributed by atoms with van der Waals surface area (Å²) in [5, 5.41) is 0. The SMILES string of the molecule is COc1ccc(C)cc1C(NN)C(OC)OC. The molecule has 1 atom stereocenters. The highest BCUT2D eigenvalue weighted by atomic mass is 16.7. The van der Waals surface area contributed by atoms with E-state index in [-0.39, 0.29) is 6.04 Å². The zero-order valence-corrected chi connectivity index (χ0v) is 10.7. The van der Waals surface area contributed by atoms with Gasteiger partial charge in [-0.1, -0.05) is 17.7 Å². The highest BCUT2D eigenvalue weighted by Crippen LogP contribution is 2.29. The van der Waals surface area contributed by atoms with Crippen LogP contribution >= 0.6 is 0 Å². The monoisotopic (exact) mass is 240 g/mol. The third-order valence-corrected chi connectivity index (χ3v) is 2.64. The molecule has 1 aromatic carbocycles. The molecular formula is C12H20N2O3. The van der Waals surface area contributed by atoms with Gasteiger partial charge in [0.25, 0.3) is 0 Å². The lowest BCUT2D eigenvalue weighted by Crippen LogP contribution is -2.38. The number of ether oxygens (including phenoxy) is 3. The quantitative estimate of drug-likeness (QED) is 0.443. The maximum Gasteiger partial charge on any atom is 0.177 e. The molecule has 0 fully saturated rings. The van der Waals surface area contributed by atoms with Gasteiger partial charge in [0.15, 0.2) is 6.29 Å². The van der Waals surface area contributed by atoms with E-state index in [1.165, 1.54) is 0 Å². The molecule has 0 aliphatic rings. The number of benzene rings is 1. The van der Waals surface area contributed by atoms with E-state index in [4.69, 9.17) is 20.1 Å². The Labute approximate surface area is 102 Å². The number of hydrazine groups is 1. The third kappa shape index (κ3) is 3.17. The predicted octanol–water partition coefficient (Wildman–Crippen LogP) is 1.13. The first-order valence-corrected chi connectivity index (χ1v) is 5.34. The topological polar surface area (TPSA) is 65.7 Å². The highest BCUT2D eigenvalue weighted by Gasteiger charge is 2.24. The summed E-state index contributed by atoms with van der Waals surface area (Å²) in [5.74, 6) is 6.31. The van der Waals surface area contributed by atoms with Crippen molar-refractivity contribution in [3.8, 4) is 5.75 Å². The van der Waals surface area contributed by atoms with E-state index in [9.17, 15) is 0 Å². The lowest BCUT2D eigenvalue weighted by Gasteiger charge is -2.26. The Hall–Kier alpha value is -1.14. The maximum absolute atomic E-state index is 5.56. The Bertz CT molecular complexity index is 354. The van der Waals surface area contributed by atoms with Crippen LogP contribution in [0.1, 0.15) is 17.2 Å². The van der Waals surface area contributed by atoms with Gasteiger partial charge in [-0.15, -0.1) is 0 Å². The van der Waals surface area contributed by atoms with E-state index >= 15 is 0 Å². The summed E-state index contributed by atoms with van der Waals surface area (Å²) < 4.78 is 15.8. The number of rotatable bonds is 6. The molecule has 0 amide bonds. The van der Waals surface area contributed by atoms with Gasteiger partial charge in [0.1, 0.15) is 11.8 Å². The number of methoxy groups -OCH3 is 3. The van der Waals surface area contributed by atoms with Crippen LogP contribution < -0.4 is 16.0 Å². The Morgan fingerprint density at radius 2 is 1.82 bits per heavy atom. The van der Waals surface area contributed by atoms with E-state index in [1.807, 2.05) is 25.1 Å². The first kappa shape index (κ1) is 13.9. The second-order valence-corrected chi connectivity index (χ2v) is 3.73. The molecule has 5 nitrogen and oxygen atoms in total. The smallest absolute Gasteiger partial charge is 0.177 e. The van der Waals surface area contributed by atoms with Crippen LogP contribution in [0.3, 0.4) is 0 Å². The molecule has 1 unspecified atom stereocenters. The average Bonchev–Trinajstić information content (AvgIpc) is 2.35. The van der Waals surface area contributed by atoms with Gasteiger partial charge >= 0.3 is 0 Å². The standard InChI is InChI=1S/C12H20N2O3/c1-8-5-6-10(15-2)9(7-8)11(14-13)12(16-3)17-4/h5-7,11-12,14H,13H2,1-4H3. The maximum atomic E-state index is 5.56. The minimum Gasteiger partial charge on any atom is -0.496 e. The molecular weight excluding hydrogens is 220 g/mol. The zero-order valence-electron chi connectivity index (χ0n) is 10.7. The molecule has 1 rings (SSSR count). The highest BCUT2D eigenvalue weighted by molar-refractivity contribution is 5.39. The van der Waals surface area contributed by atoms with Crippen molar-refractivity contribution < 1.29 is 14.2 Å². The van der Waals surface area contributed by atoms with Crippen LogP contribution in [0.15, 0.2) is 18.2 Å². The van der Waals surface area contributed by atoms with Crippen molar-refractivity contribution in [2.45, 2.75) is 19.3 Å². The van der Waals surface area contributed by atoms with Gasteiger partial charge in [0.2, 0.25) is 0 Å². The molecule has 0 aliphatic heterocycles. The first-order chi connectivity index (χ1) is 8.17. The molecule has 0 heterocycles. The van der Waals surface area contributed by atoms with Crippen molar-refractivity contribution in [2.24, 2.45) is 5.84 Å². The third-order valence-electron chi connectivity index (χ3n) is 2.64. The Morgan fingerprint density at radius 3 is 2.29 bits per heavy atom. The summed E-state index contributed by atoms with van der Waals surface area (Å²) >= 11 is 0. The molecule has 0 aliphatic carbocycles. The Morgan fingerprint density at radius 1 is 1.18 bits per heavy atom. The van der Waals surface area contributed by atoms with Crippen LogP contribution in [0.25, 0.3) is 0 Å². The van der Waals surface area contributed by atoms with E-state index in [0.717, 1.165) is 16.9 Å². The van der Waals surface area contributed by atoms with Crippen molar-refractivity contribution in [1.29, 1.82) is 0 Å². The largest absolute Gasteiger partial charge is 0.496 e. The number of hydrogen-bond donors (Lipinski definition) is 2. The summed E-state index contributed by atoms with van der Waals surface area (Å²) in [6.45, 7) is 2.01. The zero-order chi connectivity index (χ0) is 12.8. The molecule has 5 heteroatoms. The van der Waals surface area contributed by atoms with E-state index in [0.29, 0.717) is 0 Å². The summed E-state index contributed by atoms with van der Waals surface area (Å²) in [6, 6.07) is 5.58. The second kappa shape index (κ2) is 6.56. The summed E-state index contributed by atoms with van der Waals surface area (Å²) in [5.41, 5.74) is 4.72. The van der Waals surface area contributed by atoms with Gasteiger partial charge in [0, 0.05) is 19.8 Å². The number of nitrogens with one attached hydrogen (secondary N) is 1. The molecule has 96 valence electrons. The van der Waals surface area contributed by atoms with Crippen molar-refractivity contribution in [1.82, 2.24) is 5.43 Å². The molecule has 0 radical (unpaired) electrons. The van der Waals surface area contributed by atoms with Crippen LogP contribution in [0, 0.1) is 6.92 Å². The number of aryl methyl sites for hydroxylation is 1. The van der Waals surface area contributed by atoms with Gasteiger partial charge in [-0.2, -0.15) is 0 Å². The fourth-order valence-corrected chi connectivity index (χ4v) is 1.78. The number of nitrogens with two attached hydrogens (primary N) is 1. The van der Waals surface area contributed by atoms with Gasteiger partial charge in [-0.05, 0) is 13.0 Å². The van der Waals surface area contributed by atoms with Crippen molar-refractivity contribution in [2.75, 3.05) is 21.3 Å². The molecule has 0 saturated heterocycles. The summed E-state index contributed by atoms with van der Waals surface area (Å²) in [6.07, 6.45) is -0.476. The molecule has 0 bridgehead atoms. The van der Waals surface area contributed by atoms with Crippen LogP contribution in [0.5, 0.6) is 5.75 Å². The predicted molar refractivity (Wildman–Crippen MR) is 65.6 cm³/mol. The van der Waals surface area contributed by atoms with Gasteiger partial charge < -0.3 is 14.2 Å². The number of hydrogen-bond acceptors (Lipinski definition) is 5. The fraction of sp³-hybridized carbons (Fsp3) is 0.500. The molecule has 0 spiro atoms. The van der Waals surface area contributed by atoms with Gasteiger partial charge in [-0.25, -0.2) is 5.43 Å². The van der Waals surface area contributed by atoms with Crippen molar-refractivity contribution >= 4 is 0 Å². The average molecular weight is 240 g/mol. The van der Waals surface area contributed by atoms with Crippen LogP contribution in [-0.2, 0) is 9.47 Å². The lowest BCUT2D eigenvalue weighted by atomic mass is 10.0. The second-order valence-electron chi connectivity index (χ2n) is 3.73.